The molecule has 0 saturated heterocycles. The molecule has 1 aromatic heterocycles. The number of aryl methyl sites for hydroxylation is 2. The first-order chi connectivity index (χ1) is 8.13. The molecule has 0 bridgehead atoms. The van der Waals surface area contributed by atoms with Gasteiger partial charge in [0.2, 0.25) is 0 Å². The van der Waals surface area contributed by atoms with E-state index in [4.69, 9.17) is 5.73 Å². The first kappa shape index (κ1) is 12.7. The van der Waals surface area contributed by atoms with Crippen LogP contribution in [0.2, 0.25) is 0 Å². The van der Waals surface area contributed by atoms with Crippen LogP contribution in [0.3, 0.4) is 0 Å². The van der Waals surface area contributed by atoms with Crippen molar-refractivity contribution in [3.8, 4) is 0 Å². The van der Waals surface area contributed by atoms with E-state index < -0.39 is 0 Å². The van der Waals surface area contributed by atoms with Crippen LogP contribution in [0.15, 0.2) is 28.7 Å². The third-order valence-corrected chi connectivity index (χ3v) is 4.77. The molecule has 0 amide bonds. The molecule has 0 aliphatic carbocycles. The van der Waals surface area contributed by atoms with Gasteiger partial charge in [-0.1, -0.05) is 34.1 Å². The summed E-state index contributed by atoms with van der Waals surface area (Å²) in [6.45, 7) is 4.72. The average molecular weight is 311 g/mol. The smallest absolute Gasteiger partial charge is 0.102 e. The van der Waals surface area contributed by atoms with Crippen LogP contribution in [0.1, 0.15) is 27.1 Å². The van der Waals surface area contributed by atoms with Gasteiger partial charge in [-0.3, -0.25) is 0 Å². The van der Waals surface area contributed by atoms with Gasteiger partial charge in [0.1, 0.15) is 5.01 Å². The third-order valence-electron chi connectivity index (χ3n) is 2.86. The van der Waals surface area contributed by atoms with E-state index in [9.17, 15) is 0 Å². The maximum absolute atomic E-state index is 5.91. The lowest BCUT2D eigenvalue weighted by atomic mass is 10.0. The molecular formula is C13H15BrN2S. The lowest BCUT2D eigenvalue weighted by molar-refractivity contribution is 0.802. The van der Waals surface area contributed by atoms with E-state index in [2.05, 4.69) is 33.9 Å². The summed E-state index contributed by atoms with van der Waals surface area (Å²) in [4.78, 5) is 5.89. The first-order valence-corrected chi connectivity index (χ1v) is 7.13. The Morgan fingerprint density at radius 3 is 2.59 bits per heavy atom. The van der Waals surface area contributed by atoms with Gasteiger partial charge in [-0.2, -0.15) is 0 Å². The molecular weight excluding hydrogens is 296 g/mol. The Hall–Kier alpha value is -0.710. The van der Waals surface area contributed by atoms with E-state index in [1.54, 1.807) is 11.3 Å². The Bertz CT molecular complexity index is 502. The van der Waals surface area contributed by atoms with Gasteiger partial charge in [-0.15, -0.1) is 11.3 Å². The van der Waals surface area contributed by atoms with Crippen molar-refractivity contribution in [2.24, 2.45) is 5.73 Å². The summed E-state index contributed by atoms with van der Waals surface area (Å²) in [5.74, 6) is 0.183. The molecule has 90 valence electrons. The topological polar surface area (TPSA) is 38.9 Å². The minimum Gasteiger partial charge on any atom is -0.329 e. The van der Waals surface area contributed by atoms with E-state index in [0.29, 0.717) is 6.54 Å². The quantitative estimate of drug-likeness (QED) is 0.940. The molecule has 0 saturated carbocycles. The Morgan fingerprint density at radius 2 is 2.06 bits per heavy atom. The molecule has 17 heavy (non-hydrogen) atoms. The van der Waals surface area contributed by atoms with Gasteiger partial charge >= 0.3 is 0 Å². The molecule has 1 aromatic carbocycles. The second-order valence-corrected chi connectivity index (χ2v) is 6.09. The highest BCUT2D eigenvalue weighted by Gasteiger charge is 2.19. The highest BCUT2D eigenvalue weighted by Crippen LogP contribution is 2.32. The minimum absolute atomic E-state index is 0.183. The molecule has 2 nitrogen and oxygen atoms in total. The second kappa shape index (κ2) is 5.29. The molecule has 0 fully saturated rings. The number of aromatic nitrogens is 1. The Kier molecular flexibility index (Phi) is 3.97. The van der Waals surface area contributed by atoms with Gasteiger partial charge in [0.05, 0.1) is 5.69 Å². The van der Waals surface area contributed by atoms with Crippen LogP contribution < -0.4 is 5.73 Å². The van der Waals surface area contributed by atoms with Gasteiger partial charge < -0.3 is 5.73 Å². The van der Waals surface area contributed by atoms with Crippen molar-refractivity contribution in [2.75, 3.05) is 6.54 Å². The molecule has 2 rings (SSSR count). The van der Waals surface area contributed by atoms with E-state index in [1.165, 1.54) is 10.4 Å². The lowest BCUT2D eigenvalue weighted by Gasteiger charge is -2.14. The van der Waals surface area contributed by atoms with E-state index in [0.717, 1.165) is 15.2 Å². The highest BCUT2D eigenvalue weighted by atomic mass is 79.9. The van der Waals surface area contributed by atoms with Gasteiger partial charge in [-0.25, -0.2) is 4.98 Å². The number of rotatable bonds is 3. The molecule has 2 N–H and O–H groups in total. The molecule has 0 aliphatic heterocycles. The van der Waals surface area contributed by atoms with Crippen LogP contribution in [-0.4, -0.2) is 11.5 Å². The van der Waals surface area contributed by atoms with Gasteiger partial charge in [-0.05, 0) is 25.5 Å². The monoisotopic (exact) mass is 310 g/mol. The maximum atomic E-state index is 5.91. The van der Waals surface area contributed by atoms with Crippen molar-refractivity contribution in [1.29, 1.82) is 0 Å². The predicted molar refractivity (Wildman–Crippen MR) is 76.6 cm³/mol. The molecule has 4 heteroatoms. The van der Waals surface area contributed by atoms with Crippen LogP contribution >= 0.6 is 27.3 Å². The number of thiazole rings is 1. The molecule has 0 radical (unpaired) electrons. The Morgan fingerprint density at radius 1 is 1.35 bits per heavy atom. The van der Waals surface area contributed by atoms with Crippen molar-refractivity contribution < 1.29 is 0 Å². The average Bonchev–Trinajstić information content (AvgIpc) is 2.63. The summed E-state index contributed by atoms with van der Waals surface area (Å²) in [5, 5.41) is 1.11. The summed E-state index contributed by atoms with van der Waals surface area (Å²) in [6, 6.07) is 8.20. The normalized spacial score (nSPS) is 12.7. The molecule has 2 aromatic rings. The highest BCUT2D eigenvalue weighted by molar-refractivity contribution is 9.10. The van der Waals surface area contributed by atoms with Crippen LogP contribution in [-0.2, 0) is 0 Å². The zero-order valence-corrected chi connectivity index (χ0v) is 12.3. The second-order valence-electron chi connectivity index (χ2n) is 4.00. The molecule has 0 spiro atoms. The number of nitrogens with two attached hydrogens (primary N) is 1. The number of nitrogens with zero attached hydrogens (tertiary/aromatic N) is 1. The summed E-state index contributed by atoms with van der Waals surface area (Å²) in [6.07, 6.45) is 0. The number of benzene rings is 1. The van der Waals surface area contributed by atoms with E-state index in [1.807, 2.05) is 25.1 Å². The molecule has 1 unspecified atom stereocenters. The number of hydrogen-bond acceptors (Lipinski definition) is 3. The number of hydrogen-bond donors (Lipinski definition) is 1. The number of halogens is 1. The van der Waals surface area contributed by atoms with Crippen molar-refractivity contribution in [2.45, 2.75) is 19.8 Å². The lowest BCUT2D eigenvalue weighted by Crippen LogP contribution is -2.14. The van der Waals surface area contributed by atoms with Crippen molar-refractivity contribution in [3.63, 3.8) is 0 Å². The van der Waals surface area contributed by atoms with Crippen LogP contribution in [0.4, 0.5) is 0 Å². The SMILES string of the molecule is Cc1nc(C(CN)c2ccccc2Br)sc1C. The predicted octanol–water partition coefficient (Wildman–Crippen LogP) is 3.61. The fraction of sp³-hybridized carbons (Fsp3) is 0.308. The van der Waals surface area contributed by atoms with Crippen molar-refractivity contribution >= 4 is 27.3 Å². The van der Waals surface area contributed by atoms with Crippen molar-refractivity contribution in [3.05, 3.63) is 49.9 Å². The van der Waals surface area contributed by atoms with Crippen molar-refractivity contribution in [1.82, 2.24) is 4.98 Å². The largest absolute Gasteiger partial charge is 0.329 e. The Labute approximate surface area is 114 Å². The third kappa shape index (κ3) is 2.59. The Balaban J connectivity index is 2.44. The van der Waals surface area contributed by atoms with Crippen LogP contribution in [0, 0.1) is 13.8 Å². The summed E-state index contributed by atoms with van der Waals surface area (Å²) >= 11 is 5.32. The van der Waals surface area contributed by atoms with Gasteiger partial charge in [0.15, 0.2) is 0 Å². The molecule has 1 heterocycles. The first-order valence-electron chi connectivity index (χ1n) is 5.52. The summed E-state index contributed by atoms with van der Waals surface area (Å²) in [5.41, 5.74) is 8.23. The van der Waals surface area contributed by atoms with Crippen LogP contribution in [0.5, 0.6) is 0 Å². The summed E-state index contributed by atoms with van der Waals surface area (Å²) in [7, 11) is 0. The summed E-state index contributed by atoms with van der Waals surface area (Å²) < 4.78 is 1.10. The standard InChI is InChI=1S/C13H15BrN2S/c1-8-9(2)17-13(16-8)11(7-15)10-5-3-4-6-12(10)14/h3-6,11H,7,15H2,1-2H3. The zero-order valence-electron chi connectivity index (χ0n) is 9.90. The van der Waals surface area contributed by atoms with E-state index >= 15 is 0 Å². The molecule has 1 atom stereocenters. The van der Waals surface area contributed by atoms with Gasteiger partial charge in [0, 0.05) is 21.8 Å². The van der Waals surface area contributed by atoms with Crippen LogP contribution in [0.25, 0.3) is 0 Å². The van der Waals surface area contributed by atoms with Gasteiger partial charge in [0.25, 0.3) is 0 Å². The molecule has 0 aliphatic rings. The fourth-order valence-corrected chi connectivity index (χ4v) is 3.38. The fourth-order valence-electron chi connectivity index (χ4n) is 1.77. The minimum atomic E-state index is 0.183. The van der Waals surface area contributed by atoms with E-state index in [-0.39, 0.29) is 5.92 Å². The maximum Gasteiger partial charge on any atom is 0.102 e. The zero-order chi connectivity index (χ0) is 12.4.